The zero-order valence-electron chi connectivity index (χ0n) is 15.9. The van der Waals surface area contributed by atoms with Crippen molar-refractivity contribution in [1.82, 2.24) is 4.98 Å². The molecule has 0 saturated carbocycles. The third-order valence-electron chi connectivity index (χ3n) is 4.79. The van der Waals surface area contributed by atoms with E-state index >= 15 is 0 Å². The van der Waals surface area contributed by atoms with Gasteiger partial charge in [-0.1, -0.05) is 0 Å². The number of amides is 1. The van der Waals surface area contributed by atoms with Crippen molar-refractivity contribution in [2.75, 3.05) is 31.8 Å². The van der Waals surface area contributed by atoms with Crippen LogP contribution in [-0.2, 0) is 9.53 Å². The van der Waals surface area contributed by atoms with E-state index in [4.69, 9.17) is 14.2 Å². The van der Waals surface area contributed by atoms with Crippen molar-refractivity contribution >= 4 is 22.5 Å². The van der Waals surface area contributed by atoms with Gasteiger partial charge in [-0.15, -0.1) is 0 Å². The van der Waals surface area contributed by atoms with E-state index in [1.165, 1.54) is 0 Å². The first-order valence-electron chi connectivity index (χ1n) is 9.16. The van der Waals surface area contributed by atoms with Crippen LogP contribution >= 0.6 is 0 Å². The number of benzene rings is 2. The number of methoxy groups -OCH3 is 1. The average molecular weight is 389 g/mol. The van der Waals surface area contributed by atoms with Crippen molar-refractivity contribution in [3.8, 4) is 17.6 Å². The zero-order chi connectivity index (χ0) is 20.2. The minimum atomic E-state index is -0.288. The molecule has 1 aromatic heterocycles. The smallest absolute Gasteiger partial charge is 0.253 e. The summed E-state index contributed by atoms with van der Waals surface area (Å²) < 4.78 is 16.8. The van der Waals surface area contributed by atoms with Crippen LogP contribution in [0.3, 0.4) is 0 Å². The fourth-order valence-electron chi connectivity index (χ4n) is 3.28. The monoisotopic (exact) mass is 389 g/mol. The number of carbonyl (C=O) groups excluding carboxylic acids is 1. The van der Waals surface area contributed by atoms with Crippen LogP contribution in [0.15, 0.2) is 54.7 Å². The van der Waals surface area contributed by atoms with Gasteiger partial charge in [-0.3, -0.25) is 9.78 Å². The number of pyridine rings is 1. The van der Waals surface area contributed by atoms with Gasteiger partial charge >= 0.3 is 0 Å². The van der Waals surface area contributed by atoms with E-state index in [0.717, 1.165) is 16.8 Å². The van der Waals surface area contributed by atoms with Crippen LogP contribution in [0.5, 0.6) is 11.5 Å². The molecule has 0 N–H and O–H groups in total. The second-order valence-electron chi connectivity index (χ2n) is 6.57. The summed E-state index contributed by atoms with van der Waals surface area (Å²) in [5.74, 6) is 1.21. The standard InChI is InChI=1S/C22H19N3O4/c1-27-17-7-5-16(6-8-17)25-12-18(28-14-21(25)26)13-29-20-9-4-15(11-23)19-3-2-10-24-22(19)20/h2-10,18H,12-14H2,1H3. The largest absolute Gasteiger partial charge is 0.497 e. The summed E-state index contributed by atoms with van der Waals surface area (Å²) in [4.78, 5) is 18.3. The normalized spacial score (nSPS) is 16.5. The minimum Gasteiger partial charge on any atom is -0.497 e. The highest BCUT2D eigenvalue weighted by Gasteiger charge is 2.28. The summed E-state index contributed by atoms with van der Waals surface area (Å²) in [5.41, 5.74) is 1.96. The zero-order valence-corrected chi connectivity index (χ0v) is 15.9. The number of anilines is 1. The number of fused-ring (bicyclic) bond motifs is 1. The van der Waals surface area contributed by atoms with E-state index in [2.05, 4.69) is 11.1 Å². The number of ether oxygens (including phenoxy) is 3. The summed E-state index contributed by atoms with van der Waals surface area (Å²) >= 11 is 0. The first-order chi connectivity index (χ1) is 14.2. The molecule has 29 heavy (non-hydrogen) atoms. The number of hydrogen-bond donors (Lipinski definition) is 0. The molecule has 3 aromatic rings. The topological polar surface area (TPSA) is 84.7 Å². The number of rotatable bonds is 5. The molecule has 1 saturated heterocycles. The molecule has 1 fully saturated rings. The average Bonchev–Trinajstić information content (AvgIpc) is 2.78. The Labute approximate surface area is 168 Å². The second-order valence-corrected chi connectivity index (χ2v) is 6.57. The molecule has 4 rings (SSSR count). The Morgan fingerprint density at radius 3 is 2.83 bits per heavy atom. The summed E-state index contributed by atoms with van der Waals surface area (Å²) in [6, 6.07) is 16.6. The Bertz CT molecular complexity index is 1080. The van der Waals surface area contributed by atoms with Crippen LogP contribution in [0.25, 0.3) is 10.9 Å². The fourth-order valence-corrected chi connectivity index (χ4v) is 3.28. The number of nitriles is 1. The molecule has 7 nitrogen and oxygen atoms in total. The van der Waals surface area contributed by atoms with Crippen LogP contribution < -0.4 is 14.4 Å². The van der Waals surface area contributed by atoms with Gasteiger partial charge in [0.25, 0.3) is 5.91 Å². The fraction of sp³-hybridized carbons (Fsp3) is 0.227. The quantitative estimate of drug-likeness (QED) is 0.667. The predicted molar refractivity (Wildman–Crippen MR) is 107 cm³/mol. The lowest BCUT2D eigenvalue weighted by atomic mass is 10.1. The summed E-state index contributed by atoms with van der Waals surface area (Å²) in [6.45, 7) is 0.636. The number of hydrogen-bond acceptors (Lipinski definition) is 6. The Hall–Kier alpha value is -3.63. The molecule has 0 radical (unpaired) electrons. The lowest BCUT2D eigenvalue weighted by molar-refractivity contribution is -0.130. The predicted octanol–water partition coefficient (Wildman–Crippen LogP) is 2.93. The van der Waals surface area contributed by atoms with Gasteiger partial charge in [0.2, 0.25) is 0 Å². The van der Waals surface area contributed by atoms with Gasteiger partial charge in [-0.25, -0.2) is 0 Å². The summed E-state index contributed by atoms with van der Waals surface area (Å²) in [7, 11) is 1.60. The molecule has 0 aliphatic carbocycles. The third-order valence-corrected chi connectivity index (χ3v) is 4.79. The second kappa shape index (κ2) is 8.17. The lowest BCUT2D eigenvalue weighted by Crippen LogP contribution is -2.48. The summed E-state index contributed by atoms with van der Waals surface area (Å²) in [6.07, 6.45) is 1.38. The first kappa shape index (κ1) is 18.7. The number of morpholine rings is 1. The van der Waals surface area contributed by atoms with Gasteiger partial charge in [-0.2, -0.15) is 5.26 Å². The Balaban J connectivity index is 1.48. The van der Waals surface area contributed by atoms with E-state index in [0.29, 0.717) is 23.4 Å². The van der Waals surface area contributed by atoms with Crippen LogP contribution in [0, 0.1) is 11.3 Å². The van der Waals surface area contributed by atoms with Crippen LogP contribution in [0.4, 0.5) is 5.69 Å². The summed E-state index contributed by atoms with van der Waals surface area (Å²) in [5, 5.41) is 10.0. The van der Waals surface area contributed by atoms with Crippen molar-refractivity contribution in [1.29, 1.82) is 5.26 Å². The van der Waals surface area contributed by atoms with Crippen molar-refractivity contribution < 1.29 is 19.0 Å². The van der Waals surface area contributed by atoms with E-state index in [9.17, 15) is 10.1 Å². The maximum atomic E-state index is 12.3. The molecule has 1 unspecified atom stereocenters. The molecule has 2 aromatic carbocycles. The van der Waals surface area contributed by atoms with E-state index in [1.54, 1.807) is 36.4 Å². The van der Waals surface area contributed by atoms with Crippen LogP contribution in [-0.4, -0.2) is 43.9 Å². The van der Waals surface area contributed by atoms with E-state index < -0.39 is 0 Å². The highest BCUT2D eigenvalue weighted by Crippen LogP contribution is 2.27. The Morgan fingerprint density at radius 2 is 2.07 bits per heavy atom. The van der Waals surface area contributed by atoms with Crippen LogP contribution in [0.1, 0.15) is 5.56 Å². The van der Waals surface area contributed by atoms with Gasteiger partial charge in [0, 0.05) is 17.3 Å². The molecule has 2 heterocycles. The SMILES string of the molecule is COc1ccc(N2CC(COc3ccc(C#N)c4cccnc34)OCC2=O)cc1. The van der Waals surface area contributed by atoms with Gasteiger partial charge in [0.15, 0.2) is 0 Å². The number of carbonyl (C=O) groups is 1. The Morgan fingerprint density at radius 1 is 1.24 bits per heavy atom. The molecular formula is C22H19N3O4. The highest BCUT2D eigenvalue weighted by atomic mass is 16.5. The molecule has 1 aliphatic rings. The van der Waals surface area contributed by atoms with Crippen molar-refractivity contribution in [3.05, 3.63) is 60.3 Å². The van der Waals surface area contributed by atoms with E-state index in [-0.39, 0.29) is 25.2 Å². The molecule has 7 heteroatoms. The lowest BCUT2D eigenvalue weighted by Gasteiger charge is -2.32. The van der Waals surface area contributed by atoms with Gasteiger partial charge < -0.3 is 19.1 Å². The van der Waals surface area contributed by atoms with Crippen LogP contribution in [0.2, 0.25) is 0 Å². The maximum absolute atomic E-state index is 12.3. The minimum absolute atomic E-state index is 0.00752. The van der Waals surface area contributed by atoms with Gasteiger partial charge in [-0.05, 0) is 48.5 Å². The number of aromatic nitrogens is 1. The van der Waals surface area contributed by atoms with Crippen molar-refractivity contribution in [3.63, 3.8) is 0 Å². The molecule has 146 valence electrons. The first-order valence-corrected chi connectivity index (χ1v) is 9.16. The molecule has 1 aliphatic heterocycles. The Kier molecular flexibility index (Phi) is 5.27. The number of nitrogens with zero attached hydrogens (tertiary/aromatic N) is 3. The van der Waals surface area contributed by atoms with E-state index in [1.807, 2.05) is 30.3 Å². The van der Waals surface area contributed by atoms with Gasteiger partial charge in [0.1, 0.15) is 36.3 Å². The van der Waals surface area contributed by atoms with Gasteiger partial charge in [0.05, 0.1) is 25.3 Å². The maximum Gasteiger partial charge on any atom is 0.253 e. The molecule has 0 bridgehead atoms. The third kappa shape index (κ3) is 3.84. The van der Waals surface area contributed by atoms with Crippen molar-refractivity contribution in [2.45, 2.75) is 6.10 Å². The molecule has 0 spiro atoms. The molecule has 1 amide bonds. The molecular weight excluding hydrogens is 370 g/mol. The molecule has 1 atom stereocenters. The highest BCUT2D eigenvalue weighted by molar-refractivity contribution is 5.95. The van der Waals surface area contributed by atoms with Crippen molar-refractivity contribution in [2.24, 2.45) is 0 Å².